The van der Waals surface area contributed by atoms with Crippen molar-refractivity contribution in [3.63, 3.8) is 0 Å². The van der Waals surface area contributed by atoms with Crippen molar-refractivity contribution in [1.29, 1.82) is 0 Å². The van der Waals surface area contributed by atoms with E-state index in [1.807, 2.05) is 0 Å². The number of alkyl halides is 3. The Balaban J connectivity index is 2.29. The van der Waals surface area contributed by atoms with Crippen LogP contribution in [0.5, 0.6) is 0 Å². The number of hydrogen-bond donors (Lipinski definition) is 1. The molecule has 2 rings (SSSR count). The minimum atomic E-state index is -4.82. The molecule has 0 aliphatic heterocycles. The van der Waals surface area contributed by atoms with Crippen LogP contribution in [0.1, 0.15) is 11.1 Å². The Hall–Kier alpha value is -2.33. The quantitative estimate of drug-likeness (QED) is 0.543. The number of rotatable bonds is 6. The van der Waals surface area contributed by atoms with Gasteiger partial charge in [0.15, 0.2) is 0 Å². The second kappa shape index (κ2) is 7.73. The van der Waals surface area contributed by atoms with Gasteiger partial charge in [-0.15, -0.1) is 0 Å². The normalized spacial score (nSPS) is 12.0. The molecule has 2 aromatic carbocycles. The first kappa shape index (κ1) is 21.0. The standard InChI is InChI=1S/C16H14ClF3N2O4S/c1-27(25,26)7-6-10-2-4-11(5-3-10)21-14-9-13(17)12(16(18,19)20)8-15(14)22(23)24/h2-5,8-9,21H,6-7H2,1H3. The molecule has 146 valence electrons. The van der Waals surface area contributed by atoms with Crippen molar-refractivity contribution in [1.82, 2.24) is 0 Å². The van der Waals surface area contributed by atoms with Crippen molar-refractivity contribution >= 4 is 38.5 Å². The molecule has 0 heterocycles. The number of anilines is 2. The SMILES string of the molecule is CS(=O)(=O)CCc1ccc(Nc2cc(Cl)c(C(F)(F)F)cc2[N+](=O)[O-])cc1. The third-order valence-electron chi connectivity index (χ3n) is 3.58. The Morgan fingerprint density at radius 3 is 2.26 bits per heavy atom. The van der Waals surface area contributed by atoms with Crippen molar-refractivity contribution in [2.75, 3.05) is 17.3 Å². The number of nitro benzene ring substituents is 1. The summed E-state index contributed by atoms with van der Waals surface area (Å²) in [6.07, 6.45) is -3.40. The van der Waals surface area contributed by atoms with Crippen LogP contribution < -0.4 is 5.32 Å². The molecule has 0 aliphatic rings. The molecule has 0 spiro atoms. The number of nitrogens with one attached hydrogen (secondary N) is 1. The lowest BCUT2D eigenvalue weighted by Crippen LogP contribution is -2.08. The minimum Gasteiger partial charge on any atom is -0.350 e. The van der Waals surface area contributed by atoms with E-state index in [2.05, 4.69) is 5.32 Å². The van der Waals surface area contributed by atoms with Crippen molar-refractivity contribution in [3.8, 4) is 0 Å². The summed E-state index contributed by atoms with van der Waals surface area (Å²) in [4.78, 5) is 10.2. The van der Waals surface area contributed by atoms with Gasteiger partial charge in [-0.05, 0) is 30.2 Å². The number of halogens is 4. The van der Waals surface area contributed by atoms with Crippen LogP contribution in [0.2, 0.25) is 5.02 Å². The van der Waals surface area contributed by atoms with Gasteiger partial charge in [0, 0.05) is 18.0 Å². The van der Waals surface area contributed by atoms with Gasteiger partial charge >= 0.3 is 6.18 Å². The summed E-state index contributed by atoms with van der Waals surface area (Å²) in [5.41, 5.74) is -1.16. The summed E-state index contributed by atoms with van der Waals surface area (Å²) in [7, 11) is -3.11. The first-order valence-corrected chi connectivity index (χ1v) is 9.89. The van der Waals surface area contributed by atoms with Gasteiger partial charge in [0.25, 0.3) is 5.69 Å². The third-order valence-corrected chi connectivity index (χ3v) is 4.84. The molecule has 0 atom stereocenters. The number of sulfone groups is 1. The van der Waals surface area contributed by atoms with Crippen LogP contribution in [0.15, 0.2) is 36.4 Å². The van der Waals surface area contributed by atoms with Gasteiger partial charge in [-0.2, -0.15) is 13.2 Å². The van der Waals surface area contributed by atoms with Crippen molar-refractivity contribution in [2.45, 2.75) is 12.6 Å². The Morgan fingerprint density at radius 1 is 1.19 bits per heavy atom. The fourth-order valence-corrected chi connectivity index (χ4v) is 3.12. The molecule has 0 saturated heterocycles. The summed E-state index contributed by atoms with van der Waals surface area (Å²) in [5.74, 6) is -0.0280. The average molecular weight is 423 g/mol. The highest BCUT2D eigenvalue weighted by Gasteiger charge is 2.36. The van der Waals surface area contributed by atoms with Crippen LogP contribution in [-0.2, 0) is 22.4 Å². The summed E-state index contributed by atoms with van der Waals surface area (Å²) in [6.45, 7) is 0. The van der Waals surface area contributed by atoms with E-state index < -0.39 is 37.2 Å². The lowest BCUT2D eigenvalue weighted by atomic mass is 10.1. The monoisotopic (exact) mass is 422 g/mol. The Bertz CT molecular complexity index is 961. The van der Waals surface area contributed by atoms with Crippen LogP contribution in [0, 0.1) is 10.1 Å². The summed E-state index contributed by atoms with van der Waals surface area (Å²) < 4.78 is 61.0. The fourth-order valence-electron chi connectivity index (χ4n) is 2.24. The largest absolute Gasteiger partial charge is 0.418 e. The average Bonchev–Trinajstić information content (AvgIpc) is 2.52. The molecule has 2 aromatic rings. The zero-order chi connectivity index (χ0) is 20.4. The number of nitro groups is 1. The van der Waals surface area contributed by atoms with Crippen LogP contribution in [0.25, 0.3) is 0 Å². The van der Waals surface area contributed by atoms with E-state index in [1.165, 1.54) is 12.1 Å². The number of benzene rings is 2. The molecule has 0 aliphatic carbocycles. The van der Waals surface area contributed by atoms with Crippen LogP contribution >= 0.6 is 11.6 Å². The number of aryl methyl sites for hydroxylation is 1. The molecule has 0 saturated carbocycles. The predicted molar refractivity (Wildman–Crippen MR) is 96.2 cm³/mol. The van der Waals surface area contributed by atoms with Gasteiger partial charge in [0.2, 0.25) is 0 Å². The molecule has 0 amide bonds. The topological polar surface area (TPSA) is 89.3 Å². The fraction of sp³-hybridized carbons (Fsp3) is 0.250. The Labute approximate surface area is 158 Å². The molecule has 0 aromatic heterocycles. The molecule has 11 heteroatoms. The van der Waals surface area contributed by atoms with Gasteiger partial charge in [-0.25, -0.2) is 8.42 Å². The highest BCUT2D eigenvalue weighted by molar-refractivity contribution is 7.90. The summed E-state index contributed by atoms with van der Waals surface area (Å²) in [5, 5.41) is 13.1. The van der Waals surface area contributed by atoms with E-state index >= 15 is 0 Å². The van der Waals surface area contributed by atoms with Gasteiger partial charge in [0.1, 0.15) is 15.5 Å². The second-order valence-corrected chi connectivity index (χ2v) is 8.47. The van der Waals surface area contributed by atoms with Crippen molar-refractivity contribution < 1.29 is 26.5 Å². The molecular formula is C16H14ClF3N2O4S. The second-order valence-electron chi connectivity index (χ2n) is 5.81. The summed E-state index contributed by atoms with van der Waals surface area (Å²) >= 11 is 5.63. The number of nitrogens with zero attached hydrogens (tertiary/aromatic N) is 1. The van der Waals surface area contributed by atoms with Crippen LogP contribution in [0.4, 0.5) is 30.2 Å². The van der Waals surface area contributed by atoms with E-state index in [9.17, 15) is 31.7 Å². The maximum atomic E-state index is 12.9. The van der Waals surface area contributed by atoms with Gasteiger partial charge in [-0.1, -0.05) is 23.7 Å². The van der Waals surface area contributed by atoms with E-state index in [0.29, 0.717) is 18.2 Å². The smallest absolute Gasteiger partial charge is 0.350 e. The van der Waals surface area contributed by atoms with E-state index in [1.54, 1.807) is 12.1 Å². The molecular weight excluding hydrogens is 409 g/mol. The van der Waals surface area contributed by atoms with Gasteiger partial charge in [0.05, 0.1) is 21.3 Å². The predicted octanol–water partition coefficient (Wildman–Crippen LogP) is 4.60. The highest BCUT2D eigenvalue weighted by Crippen LogP contribution is 2.41. The lowest BCUT2D eigenvalue weighted by Gasteiger charge is -2.13. The zero-order valence-electron chi connectivity index (χ0n) is 13.9. The van der Waals surface area contributed by atoms with Gasteiger partial charge in [-0.3, -0.25) is 10.1 Å². The Morgan fingerprint density at radius 2 is 1.78 bits per heavy atom. The lowest BCUT2D eigenvalue weighted by molar-refractivity contribution is -0.384. The maximum absolute atomic E-state index is 12.9. The van der Waals surface area contributed by atoms with Crippen LogP contribution in [-0.4, -0.2) is 25.3 Å². The van der Waals surface area contributed by atoms with E-state index in [-0.39, 0.29) is 11.4 Å². The Kier molecular flexibility index (Phi) is 6.01. The molecule has 1 N–H and O–H groups in total. The molecule has 0 unspecified atom stereocenters. The van der Waals surface area contributed by atoms with Gasteiger partial charge < -0.3 is 5.32 Å². The highest BCUT2D eigenvalue weighted by atomic mass is 35.5. The van der Waals surface area contributed by atoms with Crippen molar-refractivity contribution in [2.24, 2.45) is 0 Å². The minimum absolute atomic E-state index is 0.0280. The van der Waals surface area contributed by atoms with Crippen molar-refractivity contribution in [3.05, 3.63) is 62.7 Å². The first-order valence-electron chi connectivity index (χ1n) is 7.45. The van der Waals surface area contributed by atoms with Crippen LogP contribution in [0.3, 0.4) is 0 Å². The number of hydrogen-bond acceptors (Lipinski definition) is 5. The molecule has 0 fully saturated rings. The summed E-state index contributed by atoms with van der Waals surface area (Å²) in [6, 6.07) is 7.53. The molecule has 0 bridgehead atoms. The molecule has 6 nitrogen and oxygen atoms in total. The molecule has 0 radical (unpaired) electrons. The molecule has 27 heavy (non-hydrogen) atoms. The van der Waals surface area contributed by atoms with E-state index in [0.717, 1.165) is 17.9 Å². The first-order chi connectivity index (χ1) is 12.4. The van der Waals surface area contributed by atoms with E-state index in [4.69, 9.17) is 11.6 Å². The third kappa shape index (κ3) is 5.83. The maximum Gasteiger partial charge on any atom is 0.418 e. The zero-order valence-corrected chi connectivity index (χ0v) is 15.5.